The van der Waals surface area contributed by atoms with Gasteiger partial charge in [-0.05, 0) is 57.3 Å². The van der Waals surface area contributed by atoms with Crippen molar-refractivity contribution in [2.24, 2.45) is 5.92 Å². The minimum atomic E-state index is -1.10. The molecule has 2 saturated heterocycles. The van der Waals surface area contributed by atoms with Crippen LogP contribution in [-0.4, -0.2) is 86.9 Å². The maximum absolute atomic E-state index is 12.0. The number of hydrogen-bond donors (Lipinski definition) is 3. The molecule has 0 aromatic rings. The fraction of sp³-hybridized carbons (Fsp3) is 0.864. The summed E-state index contributed by atoms with van der Waals surface area (Å²) in [6.07, 6.45) is 5.37. The average molecular weight is 455 g/mol. The van der Waals surface area contributed by atoms with Crippen molar-refractivity contribution in [3.8, 4) is 0 Å². The molecule has 3 aliphatic rings. The van der Waals surface area contributed by atoms with E-state index in [0.717, 1.165) is 51.4 Å². The number of nitrogens with one attached hydrogen (secondary N) is 2. The predicted molar refractivity (Wildman–Crippen MR) is 125 cm³/mol. The van der Waals surface area contributed by atoms with E-state index in [1.807, 2.05) is 5.01 Å². The van der Waals surface area contributed by atoms with Crippen molar-refractivity contribution in [2.75, 3.05) is 39.6 Å². The summed E-state index contributed by atoms with van der Waals surface area (Å²) in [5.74, 6) is 0.190. The molecule has 31 heavy (non-hydrogen) atoms. The number of likely N-dealkylation sites (tertiary alicyclic amines) is 1. The Morgan fingerprint density at radius 1 is 1.26 bits per heavy atom. The third kappa shape index (κ3) is 7.18. The van der Waals surface area contributed by atoms with Crippen LogP contribution >= 0.6 is 0 Å². The van der Waals surface area contributed by atoms with Crippen molar-refractivity contribution in [1.82, 2.24) is 20.7 Å². The molecule has 2 fully saturated rings. The van der Waals surface area contributed by atoms with E-state index in [-0.39, 0.29) is 24.1 Å². The van der Waals surface area contributed by atoms with Crippen LogP contribution in [0.5, 0.6) is 0 Å². The molecule has 3 atom stereocenters. The molecule has 3 N–H and O–H groups in total. The number of hydrogen-bond acceptors (Lipinski definition) is 6. The third-order valence-corrected chi connectivity index (χ3v) is 8.38. The summed E-state index contributed by atoms with van der Waals surface area (Å²) in [4.78, 5) is 13.6. The molecule has 0 radical (unpaired) electrons. The number of carboxylic acid groups (broad SMARTS) is 1. The molecular formula is C22H42N4O4Si. The number of carbonyl (C=O) groups is 1. The van der Waals surface area contributed by atoms with Crippen molar-refractivity contribution < 1.29 is 19.4 Å². The van der Waals surface area contributed by atoms with E-state index in [0.29, 0.717) is 19.9 Å². The Morgan fingerprint density at radius 2 is 2.00 bits per heavy atom. The molecule has 178 valence electrons. The van der Waals surface area contributed by atoms with Gasteiger partial charge in [0, 0.05) is 33.3 Å². The van der Waals surface area contributed by atoms with Crippen LogP contribution in [0.4, 0.5) is 4.79 Å². The Morgan fingerprint density at radius 3 is 2.68 bits per heavy atom. The van der Waals surface area contributed by atoms with Crippen LogP contribution in [0.1, 0.15) is 32.6 Å². The Bertz CT molecular complexity index is 621. The van der Waals surface area contributed by atoms with Crippen LogP contribution in [0, 0.1) is 5.92 Å². The van der Waals surface area contributed by atoms with Gasteiger partial charge in [0.1, 0.15) is 6.73 Å². The molecule has 1 unspecified atom stereocenters. The highest BCUT2D eigenvalue weighted by molar-refractivity contribution is 6.76. The number of rotatable bonds is 9. The minimum absolute atomic E-state index is 0.115. The SMILES string of the molecule is CC1=CN(COCC[Si](C)(C)C)NC1[C@H]1CCCN(C(=O)O)[C@H]1COC1CCNCC1. The van der Waals surface area contributed by atoms with Gasteiger partial charge in [-0.3, -0.25) is 5.01 Å². The van der Waals surface area contributed by atoms with E-state index in [2.05, 4.69) is 43.5 Å². The first-order chi connectivity index (χ1) is 14.7. The molecule has 1 amide bonds. The van der Waals surface area contributed by atoms with Gasteiger partial charge in [0.05, 0.1) is 24.8 Å². The average Bonchev–Trinajstić information content (AvgIpc) is 3.09. The zero-order valence-electron chi connectivity index (χ0n) is 19.7. The van der Waals surface area contributed by atoms with Gasteiger partial charge in [0.15, 0.2) is 0 Å². The fourth-order valence-corrected chi connectivity index (χ4v) is 5.57. The van der Waals surface area contributed by atoms with Crippen molar-refractivity contribution in [1.29, 1.82) is 0 Å². The Labute approximate surface area is 188 Å². The predicted octanol–water partition coefficient (Wildman–Crippen LogP) is 2.92. The Balaban J connectivity index is 1.58. The van der Waals surface area contributed by atoms with E-state index >= 15 is 0 Å². The number of piperidine rings is 2. The lowest BCUT2D eigenvalue weighted by atomic mass is 9.81. The lowest BCUT2D eigenvalue weighted by Gasteiger charge is -2.43. The monoisotopic (exact) mass is 454 g/mol. The smallest absolute Gasteiger partial charge is 0.407 e. The standard InChI is InChI=1S/C22H42N4O4Si/c1-17-14-25(16-29-12-13-31(2,3)4)24-21(17)19-6-5-11-26(22(27)28)20(19)15-30-18-7-9-23-10-8-18/h14,18-21,23-24H,5-13,15-16H2,1-4H3,(H,27,28)/t19-,20-,21?/m0/s1. The fourth-order valence-electron chi connectivity index (χ4n) is 4.82. The van der Waals surface area contributed by atoms with Gasteiger partial charge in [-0.1, -0.05) is 19.6 Å². The van der Waals surface area contributed by atoms with Crippen molar-refractivity contribution in [2.45, 2.75) is 76.5 Å². The first-order valence-corrected chi connectivity index (χ1v) is 15.6. The molecule has 0 saturated carbocycles. The van der Waals surface area contributed by atoms with Crippen molar-refractivity contribution in [3.63, 3.8) is 0 Å². The van der Waals surface area contributed by atoms with E-state index < -0.39 is 14.2 Å². The molecular weight excluding hydrogens is 412 g/mol. The van der Waals surface area contributed by atoms with Crippen LogP contribution in [0.15, 0.2) is 11.8 Å². The summed E-state index contributed by atoms with van der Waals surface area (Å²) in [6.45, 7) is 13.5. The summed E-state index contributed by atoms with van der Waals surface area (Å²) >= 11 is 0. The zero-order chi connectivity index (χ0) is 22.4. The van der Waals surface area contributed by atoms with Crippen LogP contribution in [-0.2, 0) is 9.47 Å². The molecule has 3 rings (SSSR count). The maximum atomic E-state index is 12.0. The maximum Gasteiger partial charge on any atom is 0.407 e. The molecule has 0 spiro atoms. The quantitative estimate of drug-likeness (QED) is 0.365. The van der Waals surface area contributed by atoms with Gasteiger partial charge in [-0.15, -0.1) is 0 Å². The van der Waals surface area contributed by atoms with Gasteiger partial charge in [-0.25, -0.2) is 10.2 Å². The first kappa shape index (κ1) is 24.5. The second-order valence-electron chi connectivity index (χ2n) is 10.4. The molecule has 9 heteroatoms. The Kier molecular flexibility index (Phi) is 8.80. The second-order valence-corrected chi connectivity index (χ2v) is 16.1. The van der Waals surface area contributed by atoms with E-state index in [9.17, 15) is 9.90 Å². The largest absolute Gasteiger partial charge is 0.465 e. The molecule has 8 nitrogen and oxygen atoms in total. The van der Waals surface area contributed by atoms with Crippen LogP contribution in [0.3, 0.4) is 0 Å². The number of nitrogens with zero attached hydrogens (tertiary/aromatic N) is 2. The van der Waals surface area contributed by atoms with E-state index in [1.165, 1.54) is 5.57 Å². The lowest BCUT2D eigenvalue weighted by molar-refractivity contribution is -0.0368. The van der Waals surface area contributed by atoms with E-state index in [1.54, 1.807) is 4.90 Å². The van der Waals surface area contributed by atoms with Gasteiger partial charge in [-0.2, -0.15) is 0 Å². The van der Waals surface area contributed by atoms with Gasteiger partial charge in [0.25, 0.3) is 0 Å². The molecule has 3 aliphatic heterocycles. The van der Waals surface area contributed by atoms with Crippen LogP contribution in [0.25, 0.3) is 0 Å². The molecule has 3 heterocycles. The topological polar surface area (TPSA) is 86.3 Å². The Hall–Kier alpha value is -1.13. The third-order valence-electron chi connectivity index (χ3n) is 6.68. The number of hydrazine groups is 1. The highest BCUT2D eigenvalue weighted by atomic mass is 28.3. The summed E-state index contributed by atoms with van der Waals surface area (Å²) in [5.41, 5.74) is 4.81. The number of ether oxygens (including phenoxy) is 2. The molecule has 0 aliphatic carbocycles. The second kappa shape index (κ2) is 11.1. The normalized spacial score (nSPS) is 28.1. The number of amides is 1. The van der Waals surface area contributed by atoms with Crippen molar-refractivity contribution >= 4 is 14.2 Å². The molecule has 0 bridgehead atoms. The minimum Gasteiger partial charge on any atom is -0.465 e. The highest BCUT2D eigenvalue weighted by Crippen LogP contribution is 2.32. The molecule has 0 aromatic carbocycles. The molecule has 0 aromatic heterocycles. The van der Waals surface area contributed by atoms with Crippen LogP contribution < -0.4 is 10.7 Å². The lowest BCUT2D eigenvalue weighted by Crippen LogP contribution is -2.57. The summed E-state index contributed by atoms with van der Waals surface area (Å²) in [6, 6.07) is 1.14. The highest BCUT2D eigenvalue weighted by Gasteiger charge is 2.41. The summed E-state index contributed by atoms with van der Waals surface area (Å²) in [5, 5.41) is 15.2. The van der Waals surface area contributed by atoms with E-state index in [4.69, 9.17) is 9.47 Å². The summed E-state index contributed by atoms with van der Waals surface area (Å²) < 4.78 is 12.1. The van der Waals surface area contributed by atoms with Gasteiger partial charge >= 0.3 is 6.09 Å². The van der Waals surface area contributed by atoms with Gasteiger partial charge < -0.3 is 24.8 Å². The van der Waals surface area contributed by atoms with Crippen molar-refractivity contribution in [3.05, 3.63) is 11.8 Å². The van der Waals surface area contributed by atoms with Crippen LogP contribution in [0.2, 0.25) is 25.7 Å². The first-order valence-electron chi connectivity index (χ1n) is 11.9. The van der Waals surface area contributed by atoms with Gasteiger partial charge in [0.2, 0.25) is 0 Å². The summed E-state index contributed by atoms with van der Waals surface area (Å²) in [7, 11) is -1.10. The zero-order valence-corrected chi connectivity index (χ0v) is 20.7.